The molecule has 182 valence electrons. The number of hydrogen-bond donors (Lipinski definition) is 1. The smallest absolute Gasteiger partial charge is 0.301 e. The normalized spacial score (nSPS) is 17.7. The molecule has 1 aromatic heterocycles. The number of aliphatic hydroxyl groups is 1. The van der Waals surface area contributed by atoms with Crippen molar-refractivity contribution in [2.24, 2.45) is 0 Å². The fraction of sp³-hybridized carbons (Fsp3) is 0.269. The molecule has 0 bridgehead atoms. The summed E-state index contributed by atoms with van der Waals surface area (Å²) >= 11 is 3.37. The van der Waals surface area contributed by atoms with Gasteiger partial charge >= 0.3 is 5.91 Å². The van der Waals surface area contributed by atoms with Gasteiger partial charge in [-0.1, -0.05) is 54.0 Å². The predicted molar refractivity (Wildman–Crippen MR) is 134 cm³/mol. The van der Waals surface area contributed by atoms with Crippen molar-refractivity contribution < 1.29 is 28.7 Å². The molecule has 1 N–H and O–H groups in total. The lowest BCUT2D eigenvalue weighted by molar-refractivity contribution is -0.132. The van der Waals surface area contributed by atoms with Gasteiger partial charge in [-0.3, -0.25) is 14.5 Å². The Morgan fingerprint density at radius 2 is 1.74 bits per heavy atom. The summed E-state index contributed by atoms with van der Waals surface area (Å²) in [4.78, 5) is 28.0. The number of carbonyl (C=O) groups excluding carboxylic acids is 2. The topological polar surface area (TPSA) is 102 Å². The van der Waals surface area contributed by atoms with Gasteiger partial charge in [-0.25, -0.2) is 0 Å². The number of aromatic nitrogens is 1. The number of aliphatic hydroxyl groups excluding tert-OH is 1. The molecule has 1 amide bonds. The third-order valence-electron chi connectivity index (χ3n) is 5.78. The van der Waals surface area contributed by atoms with Crippen molar-refractivity contribution in [1.29, 1.82) is 0 Å². The first kappa shape index (κ1) is 24.5. The van der Waals surface area contributed by atoms with Gasteiger partial charge in [-0.05, 0) is 30.3 Å². The summed E-state index contributed by atoms with van der Waals surface area (Å²) in [7, 11) is 3.00. The Balaban J connectivity index is 1.99. The molecule has 0 spiro atoms. The Morgan fingerprint density at radius 1 is 1.06 bits per heavy atom. The number of ketones is 1. The molecule has 1 fully saturated rings. The molecule has 0 radical (unpaired) electrons. The highest BCUT2D eigenvalue weighted by molar-refractivity contribution is 9.10. The molecule has 2 heterocycles. The monoisotopic (exact) mass is 540 g/mol. The molecule has 0 unspecified atom stereocenters. The maximum atomic E-state index is 13.4. The van der Waals surface area contributed by atoms with Crippen molar-refractivity contribution >= 4 is 39.2 Å². The van der Waals surface area contributed by atoms with Crippen molar-refractivity contribution in [3.05, 3.63) is 75.5 Å². The molecule has 0 saturated carbocycles. The van der Waals surface area contributed by atoms with Gasteiger partial charge in [0.25, 0.3) is 5.78 Å². The van der Waals surface area contributed by atoms with Gasteiger partial charge in [0.1, 0.15) is 29.1 Å². The van der Waals surface area contributed by atoms with Crippen molar-refractivity contribution in [2.75, 3.05) is 19.1 Å². The van der Waals surface area contributed by atoms with Crippen LogP contribution in [-0.4, -0.2) is 36.2 Å². The van der Waals surface area contributed by atoms with Gasteiger partial charge in [-0.15, -0.1) is 0 Å². The van der Waals surface area contributed by atoms with E-state index < -0.39 is 17.7 Å². The number of rotatable bonds is 5. The van der Waals surface area contributed by atoms with Crippen LogP contribution in [0.4, 0.5) is 5.82 Å². The van der Waals surface area contributed by atoms with Crippen molar-refractivity contribution in [3.63, 3.8) is 0 Å². The summed E-state index contributed by atoms with van der Waals surface area (Å²) in [5.41, 5.74) is 0.363. The lowest BCUT2D eigenvalue weighted by atomic mass is 9.93. The SMILES string of the molecule is COc1ccc(OC)c([C@@H]2/C(=C(\O)c3ccc(Br)cc3)C(=O)C(=O)N2c2cc(C(C)(C)C)on2)c1. The number of methoxy groups -OCH3 is 2. The quantitative estimate of drug-likeness (QED) is 0.263. The number of nitrogens with zero attached hydrogens (tertiary/aromatic N) is 2. The minimum absolute atomic E-state index is 0.0933. The molecule has 0 aliphatic carbocycles. The van der Waals surface area contributed by atoms with Gasteiger partial charge in [0.15, 0.2) is 5.82 Å². The summed E-state index contributed by atoms with van der Waals surface area (Å²) in [5, 5.41) is 15.4. The highest BCUT2D eigenvalue weighted by Gasteiger charge is 2.49. The maximum Gasteiger partial charge on any atom is 0.301 e. The van der Waals surface area contributed by atoms with E-state index in [1.807, 2.05) is 20.8 Å². The Labute approximate surface area is 211 Å². The van der Waals surface area contributed by atoms with E-state index in [9.17, 15) is 14.7 Å². The van der Waals surface area contributed by atoms with Gasteiger partial charge in [0.05, 0.1) is 19.8 Å². The number of amides is 1. The molecular weight excluding hydrogens is 516 g/mol. The second kappa shape index (κ2) is 9.22. The largest absolute Gasteiger partial charge is 0.507 e. The van der Waals surface area contributed by atoms with E-state index in [1.54, 1.807) is 48.5 Å². The Kier molecular flexibility index (Phi) is 6.46. The van der Waals surface area contributed by atoms with Crippen LogP contribution in [0.15, 0.2) is 63.1 Å². The first-order valence-corrected chi connectivity index (χ1v) is 11.6. The number of anilines is 1. The van der Waals surface area contributed by atoms with Crippen LogP contribution in [0.25, 0.3) is 5.76 Å². The third kappa shape index (κ3) is 4.43. The second-order valence-electron chi connectivity index (χ2n) is 9.08. The highest BCUT2D eigenvalue weighted by atomic mass is 79.9. The minimum Gasteiger partial charge on any atom is -0.507 e. The van der Waals surface area contributed by atoms with Gasteiger partial charge < -0.3 is 19.1 Å². The van der Waals surface area contributed by atoms with Crippen molar-refractivity contribution in [3.8, 4) is 11.5 Å². The van der Waals surface area contributed by atoms with E-state index in [-0.39, 0.29) is 22.6 Å². The zero-order valence-corrected chi connectivity index (χ0v) is 21.5. The second-order valence-corrected chi connectivity index (χ2v) is 10.00. The van der Waals surface area contributed by atoms with Gasteiger partial charge in [0.2, 0.25) is 0 Å². The van der Waals surface area contributed by atoms with Crippen LogP contribution < -0.4 is 14.4 Å². The van der Waals surface area contributed by atoms with Crippen LogP contribution in [0.2, 0.25) is 0 Å². The van der Waals surface area contributed by atoms with Crippen LogP contribution in [0.5, 0.6) is 11.5 Å². The van der Waals surface area contributed by atoms with Crippen LogP contribution >= 0.6 is 15.9 Å². The Hall–Kier alpha value is -3.59. The number of carbonyl (C=O) groups is 2. The fourth-order valence-corrected chi connectivity index (χ4v) is 4.18. The Bertz CT molecular complexity index is 1320. The lowest BCUT2D eigenvalue weighted by Crippen LogP contribution is -2.30. The number of Topliss-reactive ketones (excluding diaryl/α,β-unsaturated/α-hetero) is 1. The van der Waals surface area contributed by atoms with Crippen LogP contribution in [0.1, 0.15) is 43.7 Å². The van der Waals surface area contributed by atoms with E-state index in [1.165, 1.54) is 19.1 Å². The van der Waals surface area contributed by atoms with E-state index in [0.717, 1.165) is 4.47 Å². The highest BCUT2D eigenvalue weighted by Crippen LogP contribution is 2.46. The first-order valence-electron chi connectivity index (χ1n) is 10.8. The molecule has 2 aromatic carbocycles. The molecule has 3 aromatic rings. The summed E-state index contributed by atoms with van der Waals surface area (Å²) < 4.78 is 17.3. The summed E-state index contributed by atoms with van der Waals surface area (Å²) in [6.07, 6.45) is 0. The van der Waals surface area contributed by atoms with E-state index in [0.29, 0.717) is 28.4 Å². The van der Waals surface area contributed by atoms with Gasteiger partial charge in [-0.2, -0.15) is 0 Å². The van der Waals surface area contributed by atoms with Crippen LogP contribution in [0, 0.1) is 0 Å². The average Bonchev–Trinajstić information content (AvgIpc) is 3.42. The van der Waals surface area contributed by atoms with Crippen molar-refractivity contribution in [1.82, 2.24) is 5.16 Å². The molecule has 1 aliphatic heterocycles. The number of ether oxygens (including phenoxy) is 2. The zero-order valence-electron chi connectivity index (χ0n) is 20.0. The standard InChI is InChI=1S/C26H25BrN2O6/c1-26(2,3)19-13-20(28-35-19)29-22(17-12-16(33-4)10-11-18(17)34-5)21(24(31)25(29)32)23(30)14-6-8-15(27)9-7-14/h6-13,22,30H,1-5H3/b23-21+/t22-/m1/s1. The molecule has 9 heteroatoms. The number of halogens is 1. The lowest BCUT2D eigenvalue weighted by Gasteiger charge is -2.25. The Morgan fingerprint density at radius 3 is 2.31 bits per heavy atom. The molecule has 35 heavy (non-hydrogen) atoms. The van der Waals surface area contributed by atoms with Crippen LogP contribution in [-0.2, 0) is 15.0 Å². The molecule has 1 saturated heterocycles. The van der Waals surface area contributed by atoms with E-state index in [2.05, 4.69) is 21.1 Å². The van der Waals surface area contributed by atoms with Gasteiger partial charge in [0, 0.05) is 27.1 Å². The number of hydrogen-bond acceptors (Lipinski definition) is 7. The van der Waals surface area contributed by atoms with Crippen LogP contribution in [0.3, 0.4) is 0 Å². The van der Waals surface area contributed by atoms with E-state index >= 15 is 0 Å². The third-order valence-corrected chi connectivity index (χ3v) is 6.31. The molecule has 8 nitrogen and oxygen atoms in total. The molecule has 1 atom stereocenters. The maximum absolute atomic E-state index is 13.4. The van der Waals surface area contributed by atoms with Crippen molar-refractivity contribution in [2.45, 2.75) is 32.2 Å². The zero-order chi connectivity index (χ0) is 25.5. The predicted octanol–water partition coefficient (Wildman–Crippen LogP) is 5.38. The fourth-order valence-electron chi connectivity index (χ4n) is 3.91. The minimum atomic E-state index is -1.04. The van der Waals surface area contributed by atoms with E-state index in [4.69, 9.17) is 14.0 Å². The molecule has 1 aliphatic rings. The summed E-state index contributed by atoms with van der Waals surface area (Å²) in [6.45, 7) is 5.84. The molecule has 4 rings (SSSR count). The average molecular weight is 541 g/mol. The first-order chi connectivity index (χ1) is 16.6. The summed E-state index contributed by atoms with van der Waals surface area (Å²) in [6, 6.07) is 12.4. The number of benzene rings is 2. The summed E-state index contributed by atoms with van der Waals surface area (Å²) in [5.74, 6) is -0.407. The molecular formula is C26H25BrN2O6.